The normalized spacial score (nSPS) is 10.4. The predicted octanol–water partition coefficient (Wildman–Crippen LogP) is 3.31. The van der Waals surface area contributed by atoms with E-state index in [1.54, 1.807) is 25.3 Å². The molecule has 17 heavy (non-hydrogen) atoms. The number of Topliss-reactive ketones (excluding diaryl/α,β-unsaturated/α-hetero) is 1. The molecule has 0 bridgehead atoms. The number of ether oxygens (including phenoxy) is 2. The molecule has 94 valence electrons. The second-order valence-electron chi connectivity index (χ2n) is 4.12. The first kappa shape index (κ1) is 14.0. The van der Waals surface area contributed by atoms with Gasteiger partial charge in [0.1, 0.15) is 11.5 Å². The van der Waals surface area contributed by atoms with Crippen molar-refractivity contribution in [1.82, 2.24) is 0 Å². The topological polar surface area (TPSA) is 35.5 Å². The fraction of sp³-hybridized carbons (Fsp3) is 0.462. The average Bonchev–Trinajstić information content (AvgIpc) is 2.35. The Morgan fingerprint density at radius 1 is 1.41 bits per heavy atom. The number of hydrogen-bond acceptors (Lipinski definition) is 3. The highest BCUT2D eigenvalue weighted by Crippen LogP contribution is 2.25. The Kier molecular flexibility index (Phi) is 5.48. The first-order valence-corrected chi connectivity index (χ1v) is 6.60. The second kappa shape index (κ2) is 6.64. The Morgan fingerprint density at radius 3 is 2.65 bits per heavy atom. The number of ketones is 1. The summed E-state index contributed by atoms with van der Waals surface area (Å²) in [6.45, 7) is 4.72. The van der Waals surface area contributed by atoms with Gasteiger partial charge in [-0.05, 0) is 24.1 Å². The Bertz CT molecular complexity index is 388. The molecule has 1 rings (SSSR count). The van der Waals surface area contributed by atoms with Crippen molar-refractivity contribution in [2.45, 2.75) is 13.8 Å². The fourth-order valence-corrected chi connectivity index (χ4v) is 1.61. The van der Waals surface area contributed by atoms with Crippen molar-refractivity contribution in [2.75, 3.05) is 19.0 Å². The second-order valence-corrected chi connectivity index (χ2v) is 4.68. The van der Waals surface area contributed by atoms with E-state index in [1.165, 1.54) is 0 Å². The summed E-state index contributed by atoms with van der Waals surface area (Å²) in [5, 5.41) is 0.276. The molecule has 1 aromatic carbocycles. The van der Waals surface area contributed by atoms with E-state index in [4.69, 9.17) is 9.47 Å². The zero-order valence-corrected chi connectivity index (χ0v) is 11.9. The summed E-state index contributed by atoms with van der Waals surface area (Å²) in [5.74, 6) is 1.68. The van der Waals surface area contributed by atoms with Gasteiger partial charge in [-0.1, -0.05) is 29.8 Å². The summed E-state index contributed by atoms with van der Waals surface area (Å²) in [5.41, 5.74) is 0.557. The van der Waals surface area contributed by atoms with Crippen LogP contribution in [0, 0.1) is 5.92 Å². The van der Waals surface area contributed by atoms with Crippen LogP contribution in [0.25, 0.3) is 0 Å². The van der Waals surface area contributed by atoms with Crippen LogP contribution in [0.5, 0.6) is 11.5 Å². The molecule has 0 aromatic heterocycles. The minimum Gasteiger partial charge on any atom is -0.497 e. The van der Waals surface area contributed by atoms with Crippen molar-refractivity contribution in [3.05, 3.63) is 23.8 Å². The highest BCUT2D eigenvalue weighted by molar-refractivity contribution is 9.09. The third-order valence-electron chi connectivity index (χ3n) is 2.18. The number of hydrogen-bond donors (Lipinski definition) is 0. The number of rotatable bonds is 6. The Hall–Kier alpha value is -1.03. The van der Waals surface area contributed by atoms with E-state index >= 15 is 0 Å². The molecule has 0 saturated carbocycles. The molecule has 0 unspecified atom stereocenters. The summed E-state index contributed by atoms with van der Waals surface area (Å²) in [6, 6.07) is 5.27. The Labute approximate surface area is 110 Å². The van der Waals surface area contributed by atoms with Crippen molar-refractivity contribution in [2.24, 2.45) is 5.92 Å². The average molecular weight is 301 g/mol. The number of benzene rings is 1. The van der Waals surface area contributed by atoms with Crippen molar-refractivity contribution >= 4 is 21.7 Å². The molecule has 4 heteroatoms. The van der Waals surface area contributed by atoms with E-state index in [0.29, 0.717) is 29.6 Å². The van der Waals surface area contributed by atoms with Gasteiger partial charge in [0.15, 0.2) is 5.78 Å². The van der Waals surface area contributed by atoms with Crippen LogP contribution in [0.4, 0.5) is 0 Å². The molecule has 0 heterocycles. The summed E-state index contributed by atoms with van der Waals surface area (Å²) in [7, 11) is 1.58. The Balaban J connectivity index is 2.98. The largest absolute Gasteiger partial charge is 0.497 e. The van der Waals surface area contributed by atoms with Gasteiger partial charge < -0.3 is 9.47 Å². The van der Waals surface area contributed by atoms with Crippen molar-refractivity contribution in [3.63, 3.8) is 0 Å². The minimum atomic E-state index is -0.0114. The van der Waals surface area contributed by atoms with Crippen molar-refractivity contribution < 1.29 is 14.3 Å². The first-order chi connectivity index (χ1) is 8.08. The zero-order chi connectivity index (χ0) is 12.8. The maximum atomic E-state index is 11.8. The van der Waals surface area contributed by atoms with Crippen LogP contribution in [-0.4, -0.2) is 24.8 Å². The maximum absolute atomic E-state index is 11.8. The molecular formula is C13H17BrO3. The molecule has 0 N–H and O–H groups in total. The van der Waals surface area contributed by atoms with Gasteiger partial charge in [-0.3, -0.25) is 4.79 Å². The predicted molar refractivity (Wildman–Crippen MR) is 71.5 cm³/mol. The third-order valence-corrected chi connectivity index (χ3v) is 2.69. The quantitative estimate of drug-likeness (QED) is 0.597. The molecule has 0 saturated heterocycles. The van der Waals surface area contributed by atoms with Crippen LogP contribution in [0.3, 0.4) is 0 Å². The van der Waals surface area contributed by atoms with E-state index < -0.39 is 0 Å². The Morgan fingerprint density at radius 2 is 2.12 bits per heavy atom. The molecule has 0 radical (unpaired) electrons. The minimum absolute atomic E-state index is 0.0114. The monoisotopic (exact) mass is 300 g/mol. The van der Waals surface area contributed by atoms with E-state index in [2.05, 4.69) is 29.8 Å². The number of carbonyl (C=O) groups is 1. The van der Waals surface area contributed by atoms with Crippen molar-refractivity contribution in [3.8, 4) is 11.5 Å². The molecule has 3 nitrogen and oxygen atoms in total. The number of alkyl halides is 1. The van der Waals surface area contributed by atoms with E-state index in [9.17, 15) is 4.79 Å². The molecule has 0 spiro atoms. The molecule has 1 aromatic rings. The van der Waals surface area contributed by atoms with Crippen molar-refractivity contribution in [1.29, 1.82) is 0 Å². The van der Waals surface area contributed by atoms with Gasteiger partial charge >= 0.3 is 0 Å². The lowest BCUT2D eigenvalue weighted by Crippen LogP contribution is -2.09. The van der Waals surface area contributed by atoms with Gasteiger partial charge in [0, 0.05) is 0 Å². The highest BCUT2D eigenvalue weighted by Gasteiger charge is 2.13. The summed E-state index contributed by atoms with van der Waals surface area (Å²) < 4.78 is 10.7. The molecule has 0 aliphatic carbocycles. The van der Waals surface area contributed by atoms with Gasteiger partial charge in [0.25, 0.3) is 0 Å². The molecule has 0 atom stereocenters. The number of methoxy groups -OCH3 is 1. The summed E-state index contributed by atoms with van der Waals surface area (Å²) >= 11 is 3.17. The highest BCUT2D eigenvalue weighted by atomic mass is 79.9. The molecular weight excluding hydrogens is 284 g/mol. The lowest BCUT2D eigenvalue weighted by Gasteiger charge is -2.13. The van der Waals surface area contributed by atoms with Gasteiger partial charge in [-0.25, -0.2) is 0 Å². The van der Waals surface area contributed by atoms with Gasteiger partial charge in [0.05, 0.1) is 24.6 Å². The van der Waals surface area contributed by atoms with Crippen LogP contribution < -0.4 is 9.47 Å². The first-order valence-electron chi connectivity index (χ1n) is 5.48. The summed E-state index contributed by atoms with van der Waals surface area (Å²) in [6.07, 6.45) is 0. The fourth-order valence-electron chi connectivity index (χ4n) is 1.31. The number of halogens is 1. The van der Waals surface area contributed by atoms with E-state index in [-0.39, 0.29) is 11.1 Å². The lowest BCUT2D eigenvalue weighted by molar-refractivity contribution is 0.101. The van der Waals surface area contributed by atoms with Crippen LogP contribution in [-0.2, 0) is 0 Å². The zero-order valence-electron chi connectivity index (χ0n) is 10.3. The van der Waals surface area contributed by atoms with Gasteiger partial charge in [-0.15, -0.1) is 0 Å². The lowest BCUT2D eigenvalue weighted by atomic mass is 10.1. The summed E-state index contributed by atoms with van der Waals surface area (Å²) in [4.78, 5) is 11.8. The SMILES string of the molecule is COc1ccc(OCC(C)C)c(C(=O)CBr)c1. The van der Waals surface area contributed by atoms with E-state index in [0.717, 1.165) is 0 Å². The van der Waals surface area contributed by atoms with E-state index in [1.807, 2.05) is 0 Å². The molecule has 0 aliphatic heterocycles. The molecule has 0 amide bonds. The van der Waals surface area contributed by atoms with Gasteiger partial charge in [-0.2, -0.15) is 0 Å². The standard InChI is InChI=1S/C13H17BrO3/c1-9(2)8-17-13-5-4-10(16-3)6-11(13)12(15)7-14/h4-6,9H,7-8H2,1-3H3. The smallest absolute Gasteiger partial charge is 0.177 e. The van der Waals surface area contributed by atoms with Crippen LogP contribution in [0.1, 0.15) is 24.2 Å². The number of carbonyl (C=O) groups excluding carboxylic acids is 1. The maximum Gasteiger partial charge on any atom is 0.177 e. The van der Waals surface area contributed by atoms with Crippen LogP contribution in [0.15, 0.2) is 18.2 Å². The molecule has 0 fully saturated rings. The van der Waals surface area contributed by atoms with Crippen LogP contribution >= 0.6 is 15.9 Å². The van der Waals surface area contributed by atoms with Crippen LogP contribution in [0.2, 0.25) is 0 Å². The third kappa shape index (κ3) is 4.04. The van der Waals surface area contributed by atoms with Gasteiger partial charge in [0.2, 0.25) is 0 Å². The molecule has 0 aliphatic rings.